The minimum Gasteiger partial charge on any atom is -0.478 e. The number of benzene rings is 1. The van der Waals surface area contributed by atoms with E-state index in [1.165, 1.54) is 10.7 Å². The second-order valence-electron chi connectivity index (χ2n) is 3.87. The average molecular weight is 323 g/mol. The number of hydrogen-bond donors (Lipinski definition) is 2. The lowest BCUT2D eigenvalue weighted by molar-refractivity contribution is 0.0696. The molecule has 0 saturated heterocycles. The molecule has 19 heavy (non-hydrogen) atoms. The third-order valence-corrected chi connectivity index (χ3v) is 3.05. The van der Waals surface area contributed by atoms with Gasteiger partial charge in [0.25, 0.3) is 0 Å². The quantitative estimate of drug-likeness (QED) is 0.846. The summed E-state index contributed by atoms with van der Waals surface area (Å²) in [6.45, 7) is 1.82. The molecule has 2 rings (SSSR count). The monoisotopic (exact) mass is 322 g/mol. The molecular formula is C12H11BrN4O2. The largest absolute Gasteiger partial charge is 0.478 e. The Morgan fingerprint density at radius 2 is 2.32 bits per heavy atom. The summed E-state index contributed by atoms with van der Waals surface area (Å²) in [5.74, 6) is -0.681. The Balaban J connectivity index is 2.27. The Kier molecular flexibility index (Phi) is 3.66. The molecule has 98 valence electrons. The molecule has 0 aliphatic carbocycles. The zero-order valence-electron chi connectivity index (χ0n) is 10.0. The molecule has 0 fully saturated rings. The molecule has 0 spiro atoms. The Morgan fingerprint density at radius 1 is 1.58 bits per heavy atom. The lowest BCUT2D eigenvalue weighted by atomic mass is 10.1. The van der Waals surface area contributed by atoms with Gasteiger partial charge in [-0.1, -0.05) is 6.07 Å². The van der Waals surface area contributed by atoms with Crippen LogP contribution in [-0.2, 0) is 0 Å². The van der Waals surface area contributed by atoms with E-state index in [0.717, 1.165) is 11.3 Å². The number of anilines is 1. The Hall–Kier alpha value is -2.15. The first kappa shape index (κ1) is 13.3. The van der Waals surface area contributed by atoms with E-state index in [4.69, 9.17) is 10.8 Å². The first-order valence-electron chi connectivity index (χ1n) is 5.36. The van der Waals surface area contributed by atoms with E-state index in [0.29, 0.717) is 10.4 Å². The van der Waals surface area contributed by atoms with Crippen LogP contribution >= 0.6 is 15.9 Å². The molecule has 0 amide bonds. The molecule has 1 aromatic carbocycles. The number of nitrogen functional groups attached to an aromatic ring is 1. The van der Waals surface area contributed by atoms with Gasteiger partial charge in [0.1, 0.15) is 0 Å². The van der Waals surface area contributed by atoms with Crippen molar-refractivity contribution < 1.29 is 9.90 Å². The standard InChI is InChI=1S/C12H11BrN4O2/c1-7-6-17(12(14)16-7)15-5-8-2-3-9(11(18)19)10(13)4-8/h2-6H,1H3,(H2,14,16)(H,18,19). The van der Waals surface area contributed by atoms with Gasteiger partial charge in [0.15, 0.2) is 0 Å². The summed E-state index contributed by atoms with van der Waals surface area (Å²) in [5, 5.41) is 13.1. The van der Waals surface area contributed by atoms with Crippen LogP contribution in [0.1, 0.15) is 21.6 Å². The van der Waals surface area contributed by atoms with Gasteiger partial charge in [-0.2, -0.15) is 5.10 Å². The maximum absolute atomic E-state index is 10.9. The van der Waals surface area contributed by atoms with Crippen LogP contribution in [0.25, 0.3) is 0 Å². The molecule has 0 aliphatic heterocycles. The van der Waals surface area contributed by atoms with Crippen molar-refractivity contribution in [1.82, 2.24) is 9.66 Å². The van der Waals surface area contributed by atoms with Gasteiger partial charge in [0.2, 0.25) is 5.95 Å². The lowest BCUT2D eigenvalue weighted by Crippen LogP contribution is -1.99. The number of hydrogen-bond acceptors (Lipinski definition) is 4. The van der Waals surface area contributed by atoms with Crippen LogP contribution < -0.4 is 5.73 Å². The highest BCUT2D eigenvalue weighted by atomic mass is 79.9. The molecule has 0 radical (unpaired) electrons. The van der Waals surface area contributed by atoms with Crippen LogP contribution in [-0.4, -0.2) is 27.0 Å². The highest BCUT2D eigenvalue weighted by Gasteiger charge is 2.07. The zero-order chi connectivity index (χ0) is 14.0. The van der Waals surface area contributed by atoms with Crippen molar-refractivity contribution in [2.24, 2.45) is 5.10 Å². The highest BCUT2D eigenvalue weighted by Crippen LogP contribution is 2.18. The van der Waals surface area contributed by atoms with Crippen LogP contribution in [0.4, 0.5) is 5.95 Å². The molecular weight excluding hydrogens is 312 g/mol. The Morgan fingerprint density at radius 3 is 2.84 bits per heavy atom. The molecule has 0 unspecified atom stereocenters. The number of nitrogens with zero attached hydrogens (tertiary/aromatic N) is 3. The van der Waals surface area contributed by atoms with Gasteiger partial charge >= 0.3 is 5.97 Å². The number of rotatable bonds is 3. The first-order chi connectivity index (χ1) is 8.97. The predicted octanol–water partition coefficient (Wildman–Crippen LogP) is 2.12. The Bertz CT molecular complexity index is 664. The molecule has 1 heterocycles. The normalized spacial score (nSPS) is 11.1. The summed E-state index contributed by atoms with van der Waals surface area (Å²) >= 11 is 3.21. The van der Waals surface area contributed by atoms with Gasteiger partial charge in [0.05, 0.1) is 23.7 Å². The van der Waals surface area contributed by atoms with Crippen molar-refractivity contribution in [2.75, 3.05) is 5.73 Å². The van der Waals surface area contributed by atoms with Crippen molar-refractivity contribution in [3.05, 3.63) is 45.7 Å². The van der Waals surface area contributed by atoms with E-state index in [1.807, 2.05) is 6.92 Å². The Labute approximate surface area is 117 Å². The van der Waals surface area contributed by atoms with Gasteiger partial charge in [-0.15, -0.1) is 0 Å². The SMILES string of the molecule is Cc1cn(N=Cc2ccc(C(=O)O)c(Br)c2)c(N)n1. The summed E-state index contributed by atoms with van der Waals surface area (Å²) in [6, 6.07) is 4.85. The van der Waals surface area contributed by atoms with Crippen LogP contribution in [0.5, 0.6) is 0 Å². The van der Waals surface area contributed by atoms with Crippen LogP contribution in [0.3, 0.4) is 0 Å². The topological polar surface area (TPSA) is 93.5 Å². The minimum atomic E-state index is -0.982. The molecule has 7 heteroatoms. The van der Waals surface area contributed by atoms with E-state index >= 15 is 0 Å². The lowest BCUT2D eigenvalue weighted by Gasteiger charge is -2.00. The number of halogens is 1. The van der Waals surface area contributed by atoms with Crippen molar-refractivity contribution >= 4 is 34.1 Å². The number of nitrogens with two attached hydrogens (primary N) is 1. The third-order valence-electron chi connectivity index (χ3n) is 2.39. The number of aromatic nitrogens is 2. The summed E-state index contributed by atoms with van der Waals surface area (Å²) < 4.78 is 1.95. The first-order valence-corrected chi connectivity index (χ1v) is 6.15. The van der Waals surface area contributed by atoms with E-state index in [1.54, 1.807) is 24.5 Å². The number of imidazole rings is 1. The molecule has 0 bridgehead atoms. The van der Waals surface area contributed by atoms with Crippen LogP contribution in [0.15, 0.2) is 34.0 Å². The highest BCUT2D eigenvalue weighted by molar-refractivity contribution is 9.10. The average Bonchev–Trinajstić information content (AvgIpc) is 2.65. The maximum Gasteiger partial charge on any atom is 0.336 e. The second kappa shape index (κ2) is 5.23. The van der Waals surface area contributed by atoms with E-state index < -0.39 is 5.97 Å². The molecule has 0 aliphatic rings. The molecule has 2 aromatic rings. The second-order valence-corrected chi connectivity index (χ2v) is 4.73. The van der Waals surface area contributed by atoms with Gasteiger partial charge < -0.3 is 10.8 Å². The van der Waals surface area contributed by atoms with Gasteiger partial charge in [0, 0.05) is 4.47 Å². The maximum atomic E-state index is 10.9. The summed E-state index contributed by atoms with van der Waals surface area (Å²) in [7, 11) is 0. The number of carboxylic acids is 1. The van der Waals surface area contributed by atoms with Gasteiger partial charge in [-0.25, -0.2) is 14.5 Å². The van der Waals surface area contributed by atoms with Gasteiger partial charge in [-0.3, -0.25) is 0 Å². The van der Waals surface area contributed by atoms with E-state index in [-0.39, 0.29) is 5.56 Å². The predicted molar refractivity (Wildman–Crippen MR) is 75.5 cm³/mol. The van der Waals surface area contributed by atoms with Crippen molar-refractivity contribution in [3.63, 3.8) is 0 Å². The minimum absolute atomic E-state index is 0.204. The van der Waals surface area contributed by atoms with E-state index in [2.05, 4.69) is 26.0 Å². The fraction of sp³-hybridized carbons (Fsp3) is 0.0833. The summed E-state index contributed by atoms with van der Waals surface area (Å²) in [5.41, 5.74) is 7.38. The third kappa shape index (κ3) is 3.00. The molecule has 0 saturated carbocycles. The molecule has 6 nitrogen and oxygen atoms in total. The smallest absolute Gasteiger partial charge is 0.336 e. The number of aromatic carboxylic acids is 1. The van der Waals surface area contributed by atoms with Crippen LogP contribution in [0, 0.1) is 6.92 Å². The number of carbonyl (C=O) groups is 1. The van der Waals surface area contributed by atoms with Crippen molar-refractivity contribution in [3.8, 4) is 0 Å². The van der Waals surface area contributed by atoms with Gasteiger partial charge in [-0.05, 0) is 40.5 Å². The number of carboxylic acid groups (broad SMARTS) is 1. The van der Waals surface area contributed by atoms with E-state index in [9.17, 15) is 4.79 Å². The fourth-order valence-electron chi connectivity index (χ4n) is 1.51. The van der Waals surface area contributed by atoms with Crippen molar-refractivity contribution in [2.45, 2.75) is 6.92 Å². The number of aryl methyl sites for hydroxylation is 1. The molecule has 1 aromatic heterocycles. The summed E-state index contributed by atoms with van der Waals surface area (Å²) in [4.78, 5) is 14.9. The van der Waals surface area contributed by atoms with Crippen molar-refractivity contribution in [1.29, 1.82) is 0 Å². The molecule has 0 atom stereocenters. The molecule has 3 N–H and O–H groups in total. The van der Waals surface area contributed by atoms with Crippen LogP contribution in [0.2, 0.25) is 0 Å². The zero-order valence-corrected chi connectivity index (χ0v) is 11.6. The summed E-state index contributed by atoms with van der Waals surface area (Å²) in [6.07, 6.45) is 3.28. The fourth-order valence-corrected chi connectivity index (χ4v) is 2.08.